The maximum absolute atomic E-state index is 12.4. The molecule has 3 aromatic rings. The number of hydrazone groups is 1. The van der Waals surface area contributed by atoms with E-state index in [1.165, 1.54) is 30.7 Å². The average Bonchev–Trinajstić information content (AvgIpc) is 2.74. The molecule has 158 valence electrons. The highest BCUT2D eigenvalue weighted by atomic mass is 16.4. The molecule has 0 bridgehead atoms. The van der Waals surface area contributed by atoms with Gasteiger partial charge in [-0.15, -0.1) is 0 Å². The predicted molar refractivity (Wildman–Crippen MR) is 114 cm³/mol. The standard InChI is InChI=1S/C22H19N3O6/c1-13-5-6-17-18(9-13)31-12-15(21(17)28)11-23-25-20(27)8-7-19(26)24-16-4-2-3-14(10-16)22(29)30/h2-6,9-12H,7-8H2,1H3,(H,24,26)(H,25,27)(H,29,30)/b23-11-. The topological polar surface area (TPSA) is 138 Å². The van der Waals surface area contributed by atoms with Crippen LogP contribution in [0.1, 0.15) is 34.3 Å². The van der Waals surface area contributed by atoms with E-state index in [9.17, 15) is 19.2 Å². The smallest absolute Gasteiger partial charge is 0.335 e. The second-order valence-electron chi connectivity index (χ2n) is 6.75. The lowest BCUT2D eigenvalue weighted by molar-refractivity contribution is -0.124. The lowest BCUT2D eigenvalue weighted by atomic mass is 10.1. The van der Waals surface area contributed by atoms with Gasteiger partial charge in [-0.1, -0.05) is 12.1 Å². The first kappa shape index (κ1) is 21.4. The Morgan fingerprint density at radius 2 is 1.87 bits per heavy atom. The van der Waals surface area contributed by atoms with Crippen molar-refractivity contribution in [3.05, 3.63) is 75.6 Å². The van der Waals surface area contributed by atoms with Gasteiger partial charge in [-0.25, -0.2) is 10.2 Å². The van der Waals surface area contributed by atoms with Crippen LogP contribution in [0.4, 0.5) is 5.69 Å². The van der Waals surface area contributed by atoms with Crippen molar-refractivity contribution < 1.29 is 23.9 Å². The summed E-state index contributed by atoms with van der Waals surface area (Å²) in [5, 5.41) is 15.6. The zero-order chi connectivity index (χ0) is 22.4. The first-order valence-electron chi connectivity index (χ1n) is 9.31. The molecule has 0 fully saturated rings. The molecule has 0 aliphatic rings. The maximum Gasteiger partial charge on any atom is 0.335 e. The summed E-state index contributed by atoms with van der Waals surface area (Å²) in [5.41, 5.74) is 3.94. The van der Waals surface area contributed by atoms with Gasteiger partial charge in [0.15, 0.2) is 0 Å². The Bertz CT molecular complexity index is 1250. The summed E-state index contributed by atoms with van der Waals surface area (Å²) in [4.78, 5) is 47.2. The Morgan fingerprint density at radius 1 is 1.10 bits per heavy atom. The van der Waals surface area contributed by atoms with Gasteiger partial charge in [0.1, 0.15) is 11.8 Å². The van der Waals surface area contributed by atoms with Crippen LogP contribution in [0.25, 0.3) is 11.0 Å². The van der Waals surface area contributed by atoms with Crippen molar-refractivity contribution in [3.63, 3.8) is 0 Å². The fraction of sp³-hybridized carbons (Fsp3) is 0.136. The molecule has 1 heterocycles. The Labute approximate surface area is 176 Å². The molecule has 9 nitrogen and oxygen atoms in total. The highest BCUT2D eigenvalue weighted by Gasteiger charge is 2.09. The van der Waals surface area contributed by atoms with Gasteiger partial charge in [0.25, 0.3) is 0 Å². The van der Waals surface area contributed by atoms with E-state index in [-0.39, 0.29) is 29.4 Å². The SMILES string of the molecule is Cc1ccc2c(=O)c(/C=N\NC(=O)CCC(=O)Nc3cccc(C(=O)O)c3)coc2c1. The number of carbonyl (C=O) groups excluding carboxylic acids is 2. The lowest BCUT2D eigenvalue weighted by Gasteiger charge is -2.05. The summed E-state index contributed by atoms with van der Waals surface area (Å²) in [7, 11) is 0. The molecule has 3 N–H and O–H groups in total. The van der Waals surface area contributed by atoms with Crippen molar-refractivity contribution in [2.24, 2.45) is 5.10 Å². The van der Waals surface area contributed by atoms with Crippen LogP contribution >= 0.6 is 0 Å². The minimum absolute atomic E-state index is 0.0400. The molecular formula is C22H19N3O6. The van der Waals surface area contributed by atoms with E-state index in [1.54, 1.807) is 24.3 Å². The van der Waals surface area contributed by atoms with Gasteiger partial charge >= 0.3 is 5.97 Å². The number of carboxylic acids is 1. The van der Waals surface area contributed by atoms with E-state index < -0.39 is 17.8 Å². The van der Waals surface area contributed by atoms with Crippen LogP contribution in [0, 0.1) is 6.92 Å². The number of aromatic carboxylic acids is 1. The summed E-state index contributed by atoms with van der Waals surface area (Å²) in [5.74, 6) is -2.08. The van der Waals surface area contributed by atoms with Crippen LogP contribution in [0.3, 0.4) is 0 Å². The minimum Gasteiger partial charge on any atom is -0.478 e. The molecule has 0 spiro atoms. The third-order valence-electron chi connectivity index (χ3n) is 4.32. The molecule has 0 radical (unpaired) electrons. The van der Waals surface area contributed by atoms with Gasteiger partial charge in [-0.3, -0.25) is 14.4 Å². The molecule has 0 saturated carbocycles. The van der Waals surface area contributed by atoms with Gasteiger partial charge in [-0.05, 0) is 42.8 Å². The predicted octanol–water partition coefficient (Wildman–Crippen LogP) is 2.67. The largest absolute Gasteiger partial charge is 0.478 e. The Kier molecular flexibility index (Phi) is 6.56. The van der Waals surface area contributed by atoms with Gasteiger partial charge in [0, 0.05) is 18.5 Å². The van der Waals surface area contributed by atoms with Crippen LogP contribution in [-0.4, -0.2) is 29.1 Å². The Balaban J connectivity index is 1.52. The molecule has 3 rings (SSSR count). The molecular weight excluding hydrogens is 402 g/mol. The molecule has 2 amide bonds. The Morgan fingerprint density at radius 3 is 2.65 bits per heavy atom. The lowest BCUT2D eigenvalue weighted by Crippen LogP contribution is -2.21. The number of nitrogens with one attached hydrogen (secondary N) is 2. The number of carbonyl (C=O) groups is 3. The second kappa shape index (κ2) is 9.49. The van der Waals surface area contributed by atoms with Gasteiger partial charge in [0.05, 0.1) is 22.7 Å². The van der Waals surface area contributed by atoms with E-state index in [1.807, 2.05) is 6.92 Å². The number of anilines is 1. The number of carboxylic acid groups (broad SMARTS) is 1. The number of hydrogen-bond donors (Lipinski definition) is 3. The van der Waals surface area contributed by atoms with Crippen LogP contribution in [0.5, 0.6) is 0 Å². The second-order valence-corrected chi connectivity index (χ2v) is 6.75. The van der Waals surface area contributed by atoms with Crippen molar-refractivity contribution in [1.29, 1.82) is 0 Å². The average molecular weight is 421 g/mol. The number of amides is 2. The zero-order valence-corrected chi connectivity index (χ0v) is 16.5. The van der Waals surface area contributed by atoms with E-state index in [2.05, 4.69) is 15.8 Å². The summed E-state index contributed by atoms with van der Waals surface area (Å²) >= 11 is 0. The van der Waals surface area contributed by atoms with E-state index >= 15 is 0 Å². The normalized spacial score (nSPS) is 10.9. The van der Waals surface area contributed by atoms with Crippen LogP contribution in [-0.2, 0) is 9.59 Å². The Hall–Kier alpha value is -4.27. The molecule has 0 unspecified atom stereocenters. The molecule has 31 heavy (non-hydrogen) atoms. The van der Waals surface area contributed by atoms with Gasteiger partial charge in [-0.2, -0.15) is 5.10 Å². The fourth-order valence-electron chi connectivity index (χ4n) is 2.75. The van der Waals surface area contributed by atoms with Gasteiger partial charge < -0.3 is 14.8 Å². The molecule has 2 aromatic carbocycles. The molecule has 0 aliphatic carbocycles. The third kappa shape index (κ3) is 5.63. The van der Waals surface area contributed by atoms with Crippen molar-refractivity contribution >= 4 is 40.7 Å². The quantitative estimate of drug-likeness (QED) is 0.396. The van der Waals surface area contributed by atoms with Crippen molar-refractivity contribution in [3.8, 4) is 0 Å². The highest BCUT2D eigenvalue weighted by Crippen LogP contribution is 2.13. The molecule has 0 aliphatic heterocycles. The molecule has 0 saturated heterocycles. The maximum atomic E-state index is 12.4. The first-order valence-corrected chi connectivity index (χ1v) is 9.31. The van der Waals surface area contributed by atoms with E-state index in [0.29, 0.717) is 16.7 Å². The zero-order valence-electron chi connectivity index (χ0n) is 16.5. The highest BCUT2D eigenvalue weighted by molar-refractivity contribution is 5.95. The van der Waals surface area contributed by atoms with Crippen LogP contribution in [0.15, 0.2) is 63.0 Å². The summed E-state index contributed by atoms with van der Waals surface area (Å²) in [6.45, 7) is 1.89. The monoisotopic (exact) mass is 421 g/mol. The number of rotatable bonds is 7. The van der Waals surface area contributed by atoms with E-state index in [0.717, 1.165) is 5.56 Å². The fourth-order valence-corrected chi connectivity index (χ4v) is 2.75. The summed E-state index contributed by atoms with van der Waals surface area (Å²) in [6, 6.07) is 11.0. The number of nitrogens with zero attached hydrogens (tertiary/aromatic N) is 1. The molecule has 0 atom stereocenters. The van der Waals surface area contributed by atoms with Crippen molar-refractivity contribution in [2.75, 3.05) is 5.32 Å². The van der Waals surface area contributed by atoms with Gasteiger partial charge in [0.2, 0.25) is 17.2 Å². The van der Waals surface area contributed by atoms with E-state index in [4.69, 9.17) is 9.52 Å². The van der Waals surface area contributed by atoms with Crippen LogP contribution < -0.4 is 16.2 Å². The molecule has 9 heteroatoms. The number of aryl methyl sites for hydroxylation is 1. The number of hydrogen-bond acceptors (Lipinski definition) is 6. The van der Waals surface area contributed by atoms with Crippen LogP contribution in [0.2, 0.25) is 0 Å². The minimum atomic E-state index is -1.11. The number of benzene rings is 2. The van der Waals surface area contributed by atoms with Crippen molar-refractivity contribution in [1.82, 2.24) is 5.43 Å². The molecule has 1 aromatic heterocycles. The summed E-state index contributed by atoms with van der Waals surface area (Å²) in [6.07, 6.45) is 2.17. The first-order chi connectivity index (χ1) is 14.8. The third-order valence-corrected chi connectivity index (χ3v) is 4.32. The summed E-state index contributed by atoms with van der Waals surface area (Å²) < 4.78 is 5.43. The number of fused-ring (bicyclic) bond motifs is 1. The van der Waals surface area contributed by atoms with Crippen molar-refractivity contribution in [2.45, 2.75) is 19.8 Å².